The van der Waals surface area contributed by atoms with Crippen LogP contribution in [0.3, 0.4) is 0 Å². The van der Waals surface area contributed by atoms with Crippen molar-refractivity contribution in [2.75, 3.05) is 6.54 Å². The normalized spacial score (nSPS) is 12.2. The van der Waals surface area contributed by atoms with Crippen LogP contribution in [0.5, 0.6) is 0 Å². The van der Waals surface area contributed by atoms with Gasteiger partial charge in [-0.25, -0.2) is 0 Å². The summed E-state index contributed by atoms with van der Waals surface area (Å²) in [6.07, 6.45) is 0.699. The first-order valence-corrected chi connectivity index (χ1v) is 8.07. The van der Waals surface area contributed by atoms with Gasteiger partial charge in [-0.15, -0.1) is 11.8 Å². The summed E-state index contributed by atoms with van der Waals surface area (Å²) < 4.78 is 0. The average Bonchev–Trinajstić information content (AvgIpc) is 2.45. The molecule has 0 aliphatic rings. The van der Waals surface area contributed by atoms with Crippen LogP contribution in [-0.4, -0.2) is 39.7 Å². The number of carboxylic acid groups (broad SMARTS) is 1. The lowest BCUT2D eigenvalue weighted by molar-refractivity contribution is -0.139. The molecule has 0 radical (unpaired) electrons. The van der Waals surface area contributed by atoms with E-state index in [1.807, 2.05) is 51.1 Å². The first-order valence-electron chi connectivity index (χ1n) is 7.19. The van der Waals surface area contributed by atoms with E-state index in [0.717, 1.165) is 4.90 Å². The van der Waals surface area contributed by atoms with Crippen molar-refractivity contribution >= 4 is 23.6 Å². The third-order valence-corrected chi connectivity index (χ3v) is 4.50. The molecule has 1 unspecified atom stereocenters. The number of thioether (sulfide) groups is 1. The van der Waals surface area contributed by atoms with Crippen molar-refractivity contribution < 1.29 is 14.7 Å². The summed E-state index contributed by atoms with van der Waals surface area (Å²) in [5.74, 6) is -0.861. The Labute approximate surface area is 130 Å². The molecule has 1 aromatic rings. The number of aliphatic carboxylic acids is 1. The van der Waals surface area contributed by atoms with Gasteiger partial charge in [-0.05, 0) is 32.4 Å². The Morgan fingerprint density at radius 2 is 1.86 bits per heavy atom. The molecule has 1 aromatic carbocycles. The third kappa shape index (κ3) is 5.79. The van der Waals surface area contributed by atoms with Crippen LogP contribution < -0.4 is 0 Å². The Bertz CT molecular complexity index is 462. The Balaban J connectivity index is 2.76. The highest BCUT2D eigenvalue weighted by atomic mass is 32.2. The number of carbonyl (C=O) groups excluding carboxylic acids is 1. The predicted molar refractivity (Wildman–Crippen MR) is 85.5 cm³/mol. The molecular formula is C16H23NO3S. The van der Waals surface area contributed by atoms with Gasteiger partial charge in [0, 0.05) is 17.5 Å². The number of nitrogens with zero attached hydrogens (tertiary/aromatic N) is 1. The van der Waals surface area contributed by atoms with E-state index in [2.05, 4.69) is 0 Å². The largest absolute Gasteiger partial charge is 0.481 e. The van der Waals surface area contributed by atoms with Crippen LogP contribution in [0, 0.1) is 0 Å². The van der Waals surface area contributed by atoms with Gasteiger partial charge in [0.15, 0.2) is 0 Å². The lowest BCUT2D eigenvalue weighted by atomic mass is 10.2. The van der Waals surface area contributed by atoms with Gasteiger partial charge >= 0.3 is 5.97 Å². The van der Waals surface area contributed by atoms with E-state index >= 15 is 0 Å². The molecule has 0 aromatic heterocycles. The molecule has 0 spiro atoms. The average molecular weight is 309 g/mol. The molecule has 1 rings (SSSR count). The van der Waals surface area contributed by atoms with E-state index in [-0.39, 0.29) is 30.2 Å². The lowest BCUT2D eigenvalue weighted by Gasteiger charge is -2.29. The minimum atomic E-state index is -0.878. The molecule has 1 atom stereocenters. The summed E-state index contributed by atoms with van der Waals surface area (Å²) in [4.78, 5) is 26.1. The van der Waals surface area contributed by atoms with Crippen molar-refractivity contribution in [1.29, 1.82) is 0 Å². The first kappa shape index (κ1) is 17.6. The van der Waals surface area contributed by atoms with Crippen LogP contribution in [0.15, 0.2) is 35.2 Å². The van der Waals surface area contributed by atoms with E-state index in [4.69, 9.17) is 5.11 Å². The Morgan fingerprint density at radius 3 is 2.33 bits per heavy atom. The van der Waals surface area contributed by atoms with Crippen molar-refractivity contribution in [3.05, 3.63) is 30.3 Å². The molecule has 0 aliphatic heterocycles. The van der Waals surface area contributed by atoms with E-state index in [1.54, 1.807) is 4.90 Å². The van der Waals surface area contributed by atoms with Crippen molar-refractivity contribution in [2.24, 2.45) is 0 Å². The highest BCUT2D eigenvalue weighted by Gasteiger charge is 2.26. The number of amides is 1. The Morgan fingerprint density at radius 1 is 1.24 bits per heavy atom. The van der Waals surface area contributed by atoms with Gasteiger partial charge in [0.2, 0.25) is 5.91 Å². The molecule has 0 aliphatic carbocycles. The first-order chi connectivity index (χ1) is 9.95. The monoisotopic (exact) mass is 309 g/mol. The minimum Gasteiger partial charge on any atom is -0.481 e. The van der Waals surface area contributed by atoms with Gasteiger partial charge in [-0.2, -0.15) is 0 Å². The van der Waals surface area contributed by atoms with Crippen LogP contribution in [0.1, 0.15) is 33.6 Å². The van der Waals surface area contributed by atoms with E-state index in [1.165, 1.54) is 11.8 Å². The predicted octanol–water partition coefficient (Wildman–Crippen LogP) is 3.27. The van der Waals surface area contributed by atoms with Crippen molar-refractivity contribution in [1.82, 2.24) is 4.90 Å². The highest BCUT2D eigenvalue weighted by Crippen LogP contribution is 2.27. The van der Waals surface area contributed by atoms with Crippen LogP contribution in [0.25, 0.3) is 0 Å². The fourth-order valence-corrected chi connectivity index (χ4v) is 3.04. The summed E-state index contributed by atoms with van der Waals surface area (Å²) in [6.45, 7) is 6.07. The second-order valence-electron chi connectivity index (χ2n) is 5.10. The molecule has 1 amide bonds. The molecule has 0 saturated heterocycles. The standard InChI is InChI=1S/C16H23NO3S/c1-4-14(21-13-8-6-5-7-9-13)16(20)17(12(2)3)11-10-15(18)19/h5-9,12,14H,4,10-11H2,1-3H3,(H,18,19). The number of benzene rings is 1. The topological polar surface area (TPSA) is 57.6 Å². The zero-order valence-electron chi connectivity index (χ0n) is 12.8. The molecule has 5 heteroatoms. The highest BCUT2D eigenvalue weighted by molar-refractivity contribution is 8.00. The zero-order valence-corrected chi connectivity index (χ0v) is 13.6. The third-order valence-electron chi connectivity index (χ3n) is 3.14. The molecule has 116 valence electrons. The maximum absolute atomic E-state index is 12.6. The molecule has 21 heavy (non-hydrogen) atoms. The molecule has 0 heterocycles. The number of carbonyl (C=O) groups is 2. The quantitative estimate of drug-likeness (QED) is 0.749. The summed E-state index contributed by atoms with van der Waals surface area (Å²) >= 11 is 1.54. The van der Waals surface area contributed by atoms with Gasteiger partial charge < -0.3 is 10.0 Å². The summed E-state index contributed by atoms with van der Waals surface area (Å²) in [5, 5.41) is 8.64. The van der Waals surface area contributed by atoms with Gasteiger partial charge in [0.1, 0.15) is 0 Å². The fourth-order valence-electron chi connectivity index (χ4n) is 2.00. The van der Waals surface area contributed by atoms with Crippen LogP contribution in [0.2, 0.25) is 0 Å². The number of hydrogen-bond acceptors (Lipinski definition) is 3. The summed E-state index contributed by atoms with van der Waals surface area (Å²) in [7, 11) is 0. The minimum absolute atomic E-state index is 0.00210. The van der Waals surface area contributed by atoms with Crippen molar-refractivity contribution in [3.8, 4) is 0 Å². The lowest BCUT2D eigenvalue weighted by Crippen LogP contribution is -2.43. The van der Waals surface area contributed by atoms with Crippen LogP contribution in [0.4, 0.5) is 0 Å². The maximum atomic E-state index is 12.6. The summed E-state index contributed by atoms with van der Waals surface area (Å²) in [6, 6.07) is 9.81. The number of carboxylic acids is 1. The SMILES string of the molecule is CCC(Sc1ccccc1)C(=O)N(CCC(=O)O)C(C)C. The van der Waals surface area contributed by atoms with E-state index in [0.29, 0.717) is 6.42 Å². The molecule has 0 bridgehead atoms. The molecule has 4 nitrogen and oxygen atoms in total. The number of hydrogen-bond donors (Lipinski definition) is 1. The second-order valence-corrected chi connectivity index (χ2v) is 6.37. The molecule has 0 saturated carbocycles. The van der Waals surface area contributed by atoms with Gasteiger partial charge in [-0.3, -0.25) is 9.59 Å². The zero-order chi connectivity index (χ0) is 15.8. The van der Waals surface area contributed by atoms with Gasteiger partial charge in [0.05, 0.1) is 11.7 Å². The fraction of sp³-hybridized carbons (Fsp3) is 0.500. The molecule has 1 N–H and O–H groups in total. The summed E-state index contributed by atoms with van der Waals surface area (Å²) in [5.41, 5.74) is 0. The van der Waals surface area contributed by atoms with Crippen LogP contribution >= 0.6 is 11.8 Å². The molecular weight excluding hydrogens is 286 g/mol. The molecule has 0 fully saturated rings. The smallest absolute Gasteiger partial charge is 0.305 e. The Kier molecular flexibility index (Phi) is 7.29. The van der Waals surface area contributed by atoms with E-state index in [9.17, 15) is 9.59 Å². The van der Waals surface area contributed by atoms with Crippen molar-refractivity contribution in [2.45, 2.75) is 49.8 Å². The second kappa shape index (κ2) is 8.72. The Hall–Kier alpha value is -1.49. The van der Waals surface area contributed by atoms with Gasteiger partial charge in [-0.1, -0.05) is 25.1 Å². The van der Waals surface area contributed by atoms with Crippen LogP contribution in [-0.2, 0) is 9.59 Å². The number of rotatable bonds is 8. The van der Waals surface area contributed by atoms with Crippen molar-refractivity contribution in [3.63, 3.8) is 0 Å². The van der Waals surface area contributed by atoms with Gasteiger partial charge in [0.25, 0.3) is 0 Å². The maximum Gasteiger partial charge on any atom is 0.305 e. The van der Waals surface area contributed by atoms with E-state index < -0.39 is 5.97 Å².